The van der Waals surface area contributed by atoms with Gasteiger partial charge < -0.3 is 4.74 Å². The molecule has 0 aromatic heterocycles. The van der Waals surface area contributed by atoms with Crippen molar-refractivity contribution in [2.45, 2.75) is 44.9 Å². The number of rotatable bonds is 6. The number of hydrogen-bond acceptors (Lipinski definition) is 3. The van der Waals surface area contributed by atoms with E-state index in [9.17, 15) is 4.79 Å². The van der Waals surface area contributed by atoms with Crippen molar-refractivity contribution in [3.05, 3.63) is 29.8 Å². The fourth-order valence-corrected chi connectivity index (χ4v) is 2.76. The molecule has 21 heavy (non-hydrogen) atoms. The van der Waals surface area contributed by atoms with Crippen molar-refractivity contribution in [3.8, 4) is 5.75 Å². The molecule has 4 nitrogen and oxygen atoms in total. The highest BCUT2D eigenvalue weighted by atomic mass is 16.5. The summed E-state index contributed by atoms with van der Waals surface area (Å²) in [4.78, 5) is 11.8. The Morgan fingerprint density at radius 2 is 2.00 bits per heavy atom. The van der Waals surface area contributed by atoms with E-state index in [1.165, 1.54) is 38.5 Å². The lowest BCUT2D eigenvalue weighted by molar-refractivity contribution is 0.0955. The zero-order valence-electron chi connectivity index (χ0n) is 12.7. The van der Waals surface area contributed by atoms with Gasteiger partial charge in [0.2, 0.25) is 0 Å². The van der Waals surface area contributed by atoms with Gasteiger partial charge in [-0.2, -0.15) is 5.10 Å². The van der Waals surface area contributed by atoms with Crippen LogP contribution < -0.4 is 10.2 Å². The number of hydrazone groups is 1. The molecule has 1 N–H and O–H groups in total. The summed E-state index contributed by atoms with van der Waals surface area (Å²) in [6.45, 7) is 0. The Kier molecular flexibility index (Phi) is 6.25. The van der Waals surface area contributed by atoms with E-state index in [4.69, 9.17) is 4.74 Å². The first-order valence-corrected chi connectivity index (χ1v) is 7.75. The molecule has 1 fully saturated rings. The molecule has 1 saturated carbocycles. The minimum absolute atomic E-state index is 0.188. The third kappa shape index (κ3) is 5.21. The Morgan fingerprint density at radius 3 is 2.67 bits per heavy atom. The summed E-state index contributed by atoms with van der Waals surface area (Å²) >= 11 is 0. The predicted octanol–water partition coefficient (Wildman–Crippen LogP) is 3.77. The van der Waals surface area contributed by atoms with Crippen LogP contribution >= 0.6 is 0 Å². The highest BCUT2D eigenvalue weighted by molar-refractivity contribution is 5.94. The molecule has 0 bridgehead atoms. The van der Waals surface area contributed by atoms with Gasteiger partial charge in [0.05, 0.1) is 7.11 Å². The Hall–Kier alpha value is -1.84. The van der Waals surface area contributed by atoms with Gasteiger partial charge in [0.15, 0.2) is 0 Å². The van der Waals surface area contributed by atoms with Crippen LogP contribution in [-0.4, -0.2) is 19.2 Å². The number of carbonyl (C=O) groups is 1. The minimum Gasteiger partial charge on any atom is -0.497 e. The minimum atomic E-state index is -0.188. The van der Waals surface area contributed by atoms with Gasteiger partial charge in [-0.3, -0.25) is 4.79 Å². The highest BCUT2D eigenvalue weighted by Gasteiger charge is 2.12. The molecule has 4 heteroatoms. The number of benzene rings is 1. The summed E-state index contributed by atoms with van der Waals surface area (Å²) in [5.74, 6) is 1.40. The largest absolute Gasteiger partial charge is 0.497 e. The Balaban J connectivity index is 1.68. The number of carbonyl (C=O) groups excluding carboxylic acids is 1. The van der Waals surface area contributed by atoms with Crippen LogP contribution in [0.3, 0.4) is 0 Å². The normalized spacial score (nSPS) is 16.0. The van der Waals surface area contributed by atoms with Crippen LogP contribution in [0.25, 0.3) is 0 Å². The average Bonchev–Trinajstić information content (AvgIpc) is 2.55. The predicted molar refractivity (Wildman–Crippen MR) is 84.8 cm³/mol. The number of hydrogen-bond donors (Lipinski definition) is 1. The lowest BCUT2D eigenvalue weighted by atomic mass is 9.86. The molecule has 0 aliphatic heterocycles. The van der Waals surface area contributed by atoms with E-state index >= 15 is 0 Å². The van der Waals surface area contributed by atoms with Gasteiger partial charge in [0.25, 0.3) is 5.91 Å². The standard InChI is InChI=1S/C17H24N2O2/c1-21-16-11-9-15(10-12-16)17(20)19-18-13-5-8-14-6-3-2-4-7-14/h9-14H,2-8H2,1H3,(H,19,20). The second kappa shape index (κ2) is 8.45. The first-order chi connectivity index (χ1) is 10.3. The molecule has 1 aromatic carbocycles. The molecule has 0 unspecified atom stereocenters. The van der Waals surface area contributed by atoms with E-state index in [2.05, 4.69) is 10.5 Å². The van der Waals surface area contributed by atoms with E-state index in [0.29, 0.717) is 5.56 Å². The maximum absolute atomic E-state index is 11.8. The Morgan fingerprint density at radius 1 is 1.29 bits per heavy atom. The SMILES string of the molecule is COc1ccc(C(=O)NN=CCCC2CCCCC2)cc1. The van der Waals surface area contributed by atoms with Gasteiger partial charge in [-0.25, -0.2) is 5.43 Å². The van der Waals surface area contributed by atoms with Crippen molar-refractivity contribution >= 4 is 12.1 Å². The lowest BCUT2D eigenvalue weighted by Crippen LogP contribution is -2.17. The highest BCUT2D eigenvalue weighted by Crippen LogP contribution is 2.26. The Labute approximate surface area is 126 Å². The fraction of sp³-hybridized carbons (Fsp3) is 0.529. The summed E-state index contributed by atoms with van der Waals surface area (Å²) in [6.07, 6.45) is 10.8. The van der Waals surface area contributed by atoms with Crippen LogP contribution in [0.5, 0.6) is 5.75 Å². The third-order valence-electron chi connectivity index (χ3n) is 4.04. The number of amides is 1. The van der Waals surface area contributed by atoms with Gasteiger partial charge in [0, 0.05) is 11.8 Å². The molecule has 1 aliphatic rings. The summed E-state index contributed by atoms with van der Waals surface area (Å²) in [6, 6.07) is 6.99. The zero-order valence-corrected chi connectivity index (χ0v) is 12.7. The fourth-order valence-electron chi connectivity index (χ4n) is 2.76. The lowest BCUT2D eigenvalue weighted by Gasteiger charge is -2.20. The Bertz CT molecular complexity index is 462. The summed E-state index contributed by atoms with van der Waals surface area (Å²) in [5.41, 5.74) is 3.15. The molecule has 1 aromatic rings. The van der Waals surface area contributed by atoms with Gasteiger partial charge in [0.1, 0.15) is 5.75 Å². The molecule has 0 spiro atoms. The first-order valence-electron chi connectivity index (χ1n) is 7.75. The molecular weight excluding hydrogens is 264 g/mol. The van der Waals surface area contributed by atoms with Crippen molar-refractivity contribution in [2.75, 3.05) is 7.11 Å². The molecular formula is C17H24N2O2. The smallest absolute Gasteiger partial charge is 0.271 e. The molecule has 0 heterocycles. The van der Waals surface area contributed by atoms with E-state index in [1.54, 1.807) is 31.4 Å². The molecule has 0 saturated heterocycles. The van der Waals surface area contributed by atoms with Crippen LogP contribution in [0.4, 0.5) is 0 Å². The molecule has 1 aliphatic carbocycles. The maximum Gasteiger partial charge on any atom is 0.271 e. The summed E-state index contributed by atoms with van der Waals surface area (Å²) in [5, 5.41) is 4.02. The van der Waals surface area contributed by atoms with Crippen molar-refractivity contribution in [1.82, 2.24) is 5.43 Å². The van der Waals surface area contributed by atoms with Crippen molar-refractivity contribution in [2.24, 2.45) is 11.0 Å². The van der Waals surface area contributed by atoms with Crippen LogP contribution in [0, 0.1) is 5.92 Å². The van der Waals surface area contributed by atoms with Crippen LogP contribution in [0.15, 0.2) is 29.4 Å². The average molecular weight is 288 g/mol. The van der Waals surface area contributed by atoms with Gasteiger partial charge in [-0.1, -0.05) is 32.1 Å². The molecule has 0 radical (unpaired) electrons. The molecule has 114 valence electrons. The summed E-state index contributed by atoms with van der Waals surface area (Å²) < 4.78 is 5.06. The number of methoxy groups -OCH3 is 1. The van der Waals surface area contributed by atoms with Gasteiger partial charge in [-0.05, 0) is 43.0 Å². The maximum atomic E-state index is 11.8. The quantitative estimate of drug-likeness (QED) is 0.640. The monoisotopic (exact) mass is 288 g/mol. The van der Waals surface area contributed by atoms with E-state index in [-0.39, 0.29) is 5.91 Å². The van der Waals surface area contributed by atoms with Gasteiger partial charge >= 0.3 is 0 Å². The molecule has 0 atom stereocenters. The zero-order chi connectivity index (χ0) is 14.9. The third-order valence-corrected chi connectivity index (χ3v) is 4.04. The van der Waals surface area contributed by atoms with E-state index < -0.39 is 0 Å². The summed E-state index contributed by atoms with van der Waals surface area (Å²) in [7, 11) is 1.60. The number of ether oxygens (including phenoxy) is 1. The van der Waals surface area contributed by atoms with Crippen LogP contribution in [-0.2, 0) is 0 Å². The second-order valence-electron chi connectivity index (χ2n) is 5.56. The number of nitrogens with zero attached hydrogens (tertiary/aromatic N) is 1. The molecule has 2 rings (SSSR count). The van der Waals surface area contributed by atoms with Crippen LogP contribution in [0.1, 0.15) is 55.3 Å². The van der Waals surface area contributed by atoms with E-state index in [0.717, 1.165) is 18.1 Å². The van der Waals surface area contributed by atoms with E-state index in [1.807, 2.05) is 6.21 Å². The van der Waals surface area contributed by atoms with Gasteiger partial charge in [-0.15, -0.1) is 0 Å². The van der Waals surface area contributed by atoms with Crippen molar-refractivity contribution < 1.29 is 9.53 Å². The van der Waals surface area contributed by atoms with Crippen LogP contribution in [0.2, 0.25) is 0 Å². The van der Waals surface area contributed by atoms with Crippen molar-refractivity contribution in [3.63, 3.8) is 0 Å². The van der Waals surface area contributed by atoms with Crippen molar-refractivity contribution in [1.29, 1.82) is 0 Å². The first kappa shape index (κ1) is 15.5. The molecule has 1 amide bonds. The number of nitrogens with one attached hydrogen (secondary N) is 1. The topological polar surface area (TPSA) is 50.7 Å². The second-order valence-corrected chi connectivity index (χ2v) is 5.56.